The molecule has 32 heavy (non-hydrogen) atoms. The van der Waals surface area contributed by atoms with Gasteiger partial charge in [-0.05, 0) is 42.9 Å². The van der Waals surface area contributed by atoms with Crippen molar-refractivity contribution in [2.24, 2.45) is 5.41 Å². The molecule has 1 N–H and O–H groups in total. The minimum absolute atomic E-state index is 0.0249. The minimum Gasteiger partial charge on any atom is -0.495 e. The molecule has 1 amide bonds. The van der Waals surface area contributed by atoms with E-state index in [1.807, 2.05) is 29.3 Å². The third-order valence-corrected chi connectivity index (χ3v) is 8.36. The zero-order chi connectivity index (χ0) is 22.7. The van der Waals surface area contributed by atoms with Gasteiger partial charge in [0.05, 0.1) is 17.6 Å². The van der Waals surface area contributed by atoms with E-state index in [0.717, 1.165) is 40.1 Å². The van der Waals surface area contributed by atoms with Gasteiger partial charge in [0.25, 0.3) is 5.91 Å². The van der Waals surface area contributed by atoms with Gasteiger partial charge in [-0.3, -0.25) is 9.59 Å². The molecule has 0 saturated carbocycles. The van der Waals surface area contributed by atoms with Gasteiger partial charge in [-0.25, -0.2) is 4.98 Å². The number of carbonyl (C=O) groups excluding carboxylic acids is 2. The molecule has 1 aliphatic heterocycles. The second-order valence-electron chi connectivity index (χ2n) is 10.2. The summed E-state index contributed by atoms with van der Waals surface area (Å²) in [5, 5.41) is 2.00. The molecule has 1 fully saturated rings. The fourth-order valence-electron chi connectivity index (χ4n) is 4.98. The van der Waals surface area contributed by atoms with Gasteiger partial charge in [0.2, 0.25) is 0 Å². The Morgan fingerprint density at radius 1 is 1.22 bits per heavy atom. The number of Topliss-reactive ketones (excluding diaryl/α,β-unsaturated/α-hetero) is 1. The molecule has 1 spiro atoms. The van der Waals surface area contributed by atoms with E-state index in [-0.39, 0.29) is 22.5 Å². The number of hydrogen-bond donors (Lipinski definition) is 1. The van der Waals surface area contributed by atoms with E-state index < -0.39 is 0 Å². The summed E-state index contributed by atoms with van der Waals surface area (Å²) < 4.78 is 5.48. The van der Waals surface area contributed by atoms with E-state index in [2.05, 4.69) is 25.8 Å². The van der Waals surface area contributed by atoms with Gasteiger partial charge >= 0.3 is 0 Å². The summed E-state index contributed by atoms with van der Waals surface area (Å²) in [6, 6.07) is 5.68. The fraction of sp³-hybridized carbons (Fsp3) is 0.480. The van der Waals surface area contributed by atoms with Crippen LogP contribution in [0.4, 0.5) is 0 Å². The third kappa shape index (κ3) is 3.52. The lowest BCUT2D eigenvalue weighted by molar-refractivity contribution is 0.0522. The number of aromatic nitrogens is 2. The number of amides is 1. The van der Waals surface area contributed by atoms with E-state index in [0.29, 0.717) is 36.5 Å². The lowest BCUT2D eigenvalue weighted by Crippen LogP contribution is -2.46. The van der Waals surface area contributed by atoms with Crippen molar-refractivity contribution in [2.45, 2.75) is 51.9 Å². The van der Waals surface area contributed by atoms with Crippen LogP contribution >= 0.6 is 11.3 Å². The molecule has 1 saturated heterocycles. The topological polar surface area (TPSA) is 75.3 Å². The van der Waals surface area contributed by atoms with E-state index in [1.54, 1.807) is 18.4 Å². The summed E-state index contributed by atoms with van der Waals surface area (Å²) in [6.45, 7) is 7.75. The molecule has 6 nitrogen and oxygen atoms in total. The predicted octanol–water partition coefficient (Wildman–Crippen LogP) is 4.98. The van der Waals surface area contributed by atoms with Crippen LogP contribution in [0, 0.1) is 5.41 Å². The first-order chi connectivity index (χ1) is 15.2. The second-order valence-corrected chi connectivity index (χ2v) is 11.3. The Balaban J connectivity index is 1.33. The highest BCUT2D eigenvalue weighted by Crippen LogP contribution is 2.46. The highest BCUT2D eigenvalue weighted by atomic mass is 32.1. The molecule has 2 aromatic heterocycles. The first-order valence-electron chi connectivity index (χ1n) is 11.2. The average molecular weight is 452 g/mol. The van der Waals surface area contributed by atoms with Crippen molar-refractivity contribution in [1.29, 1.82) is 0 Å². The van der Waals surface area contributed by atoms with Gasteiger partial charge in [-0.1, -0.05) is 20.8 Å². The van der Waals surface area contributed by atoms with Crippen molar-refractivity contribution >= 4 is 33.9 Å². The quantitative estimate of drug-likeness (QED) is 0.596. The lowest BCUT2D eigenvalue weighted by Gasteiger charge is -2.43. The summed E-state index contributed by atoms with van der Waals surface area (Å²) >= 11 is 1.69. The van der Waals surface area contributed by atoms with Crippen LogP contribution in [0.2, 0.25) is 0 Å². The number of H-pyrrole nitrogens is 1. The van der Waals surface area contributed by atoms with Crippen molar-refractivity contribution in [3.8, 4) is 5.75 Å². The lowest BCUT2D eigenvalue weighted by atomic mass is 9.68. The Morgan fingerprint density at radius 3 is 2.66 bits per heavy atom. The number of fused-ring (bicyclic) bond motifs is 2. The average Bonchev–Trinajstić information content (AvgIpc) is 3.40. The first-order valence-corrected chi connectivity index (χ1v) is 12.0. The molecule has 3 heterocycles. The van der Waals surface area contributed by atoms with Gasteiger partial charge < -0.3 is 14.6 Å². The molecular weight excluding hydrogens is 422 g/mol. The Labute approximate surface area is 192 Å². The molecule has 168 valence electrons. The Hall–Kier alpha value is -2.67. The molecule has 0 bridgehead atoms. The number of hydrogen-bond acceptors (Lipinski definition) is 5. The molecule has 2 aliphatic rings. The highest BCUT2D eigenvalue weighted by molar-refractivity contribution is 7.12. The normalized spacial score (nSPS) is 18.2. The molecule has 3 aromatic rings. The van der Waals surface area contributed by atoms with Crippen molar-refractivity contribution < 1.29 is 14.3 Å². The number of benzene rings is 1. The van der Waals surface area contributed by atoms with Gasteiger partial charge in [-0.15, -0.1) is 11.3 Å². The summed E-state index contributed by atoms with van der Waals surface area (Å²) in [5.41, 5.74) is 2.13. The highest BCUT2D eigenvalue weighted by Gasteiger charge is 2.44. The standard InChI is InChI=1S/C25H29N3O3S/c1-24(2,3)23-27-21-17(29)13-25(14-19(21)32-23)6-9-28(10-7-25)22(30)16-11-15-5-8-26-20(15)18(12-16)31-4/h5,8,11-12,26H,6-7,9-10,13-14H2,1-4H3. The Morgan fingerprint density at radius 2 is 1.97 bits per heavy atom. The number of likely N-dealkylation sites (tertiary alicyclic amines) is 1. The molecule has 1 aliphatic carbocycles. The number of nitrogens with zero attached hydrogens (tertiary/aromatic N) is 2. The van der Waals surface area contributed by atoms with Gasteiger partial charge in [0, 0.05) is 46.9 Å². The van der Waals surface area contributed by atoms with Crippen LogP contribution in [-0.4, -0.2) is 46.8 Å². The molecule has 0 unspecified atom stereocenters. The SMILES string of the molecule is COc1cc(C(=O)N2CCC3(CC2)CC(=O)c2nc(C(C)(C)C)sc2C3)cc2cc[nH]c12. The molecule has 0 atom stereocenters. The van der Waals surface area contributed by atoms with Crippen LogP contribution in [0.25, 0.3) is 10.9 Å². The molecule has 7 heteroatoms. The predicted molar refractivity (Wildman–Crippen MR) is 126 cm³/mol. The molecule has 1 aromatic carbocycles. The minimum atomic E-state index is -0.0508. The number of methoxy groups -OCH3 is 1. The van der Waals surface area contributed by atoms with Crippen LogP contribution in [-0.2, 0) is 11.8 Å². The number of nitrogens with one attached hydrogen (secondary N) is 1. The maximum atomic E-state index is 13.3. The van der Waals surface area contributed by atoms with Crippen LogP contribution in [0.1, 0.15) is 70.8 Å². The summed E-state index contributed by atoms with van der Waals surface area (Å²) in [7, 11) is 1.62. The summed E-state index contributed by atoms with van der Waals surface area (Å²) in [4.78, 5) is 37.1. The number of aromatic amines is 1. The maximum absolute atomic E-state index is 13.3. The number of thiazole rings is 1. The van der Waals surface area contributed by atoms with E-state index in [4.69, 9.17) is 9.72 Å². The van der Waals surface area contributed by atoms with Crippen molar-refractivity contribution in [3.05, 3.63) is 45.5 Å². The zero-order valence-electron chi connectivity index (χ0n) is 19.1. The molecule has 5 rings (SSSR count). The monoisotopic (exact) mass is 451 g/mol. The summed E-state index contributed by atoms with van der Waals surface area (Å²) in [5.74, 6) is 0.867. The Bertz CT molecular complexity index is 1210. The van der Waals surface area contributed by atoms with Gasteiger partial charge in [0.15, 0.2) is 5.78 Å². The molecule has 0 radical (unpaired) electrons. The number of ether oxygens (including phenoxy) is 1. The van der Waals surface area contributed by atoms with E-state index >= 15 is 0 Å². The van der Waals surface area contributed by atoms with E-state index in [1.165, 1.54) is 0 Å². The maximum Gasteiger partial charge on any atom is 0.254 e. The third-order valence-electron chi connectivity index (χ3n) is 6.88. The zero-order valence-corrected chi connectivity index (χ0v) is 19.9. The van der Waals surface area contributed by atoms with Crippen molar-refractivity contribution in [1.82, 2.24) is 14.9 Å². The Kier molecular flexibility index (Phi) is 4.93. The van der Waals surface area contributed by atoms with Crippen LogP contribution < -0.4 is 4.74 Å². The van der Waals surface area contributed by atoms with Crippen LogP contribution in [0.15, 0.2) is 24.4 Å². The number of carbonyl (C=O) groups is 2. The van der Waals surface area contributed by atoms with E-state index in [9.17, 15) is 9.59 Å². The smallest absolute Gasteiger partial charge is 0.254 e. The van der Waals surface area contributed by atoms with Crippen LogP contribution in [0.3, 0.4) is 0 Å². The van der Waals surface area contributed by atoms with Crippen molar-refractivity contribution in [3.63, 3.8) is 0 Å². The second kappa shape index (κ2) is 7.44. The van der Waals surface area contributed by atoms with Gasteiger partial charge in [-0.2, -0.15) is 0 Å². The van der Waals surface area contributed by atoms with Gasteiger partial charge in [0.1, 0.15) is 11.4 Å². The molecular formula is C25H29N3O3S. The fourth-order valence-corrected chi connectivity index (χ4v) is 6.29. The number of ketones is 1. The van der Waals surface area contributed by atoms with Crippen LogP contribution in [0.5, 0.6) is 5.75 Å². The number of rotatable bonds is 2. The van der Waals surface area contributed by atoms with Crippen molar-refractivity contribution in [2.75, 3.05) is 20.2 Å². The first kappa shape index (κ1) is 21.2. The number of piperidine rings is 1. The largest absolute Gasteiger partial charge is 0.495 e. The summed E-state index contributed by atoms with van der Waals surface area (Å²) in [6.07, 6.45) is 4.98.